The highest BCUT2D eigenvalue weighted by Crippen LogP contribution is 2.42. The van der Waals surface area contributed by atoms with Crippen LogP contribution in [0.15, 0.2) is 30.5 Å². The van der Waals surface area contributed by atoms with Gasteiger partial charge in [-0.15, -0.1) is 11.3 Å². The van der Waals surface area contributed by atoms with Gasteiger partial charge in [-0.3, -0.25) is 0 Å². The Kier molecular flexibility index (Phi) is 8.27. The molecule has 1 aromatic carbocycles. The molecule has 1 aliphatic rings. The van der Waals surface area contributed by atoms with Gasteiger partial charge in [0.25, 0.3) is 0 Å². The highest BCUT2D eigenvalue weighted by atomic mass is 32.2. The van der Waals surface area contributed by atoms with E-state index in [0.29, 0.717) is 28.1 Å². The lowest BCUT2D eigenvalue weighted by Gasteiger charge is -2.22. The van der Waals surface area contributed by atoms with E-state index in [1.54, 1.807) is 31.3 Å². The van der Waals surface area contributed by atoms with E-state index >= 15 is 4.39 Å². The number of rotatable bonds is 8. The fourth-order valence-corrected chi connectivity index (χ4v) is 6.61. The predicted molar refractivity (Wildman–Crippen MR) is 147 cm³/mol. The third-order valence-corrected chi connectivity index (χ3v) is 9.45. The zero-order valence-electron chi connectivity index (χ0n) is 21.7. The molecule has 1 unspecified atom stereocenters. The molecule has 3 aromatic rings. The van der Waals surface area contributed by atoms with Crippen LogP contribution in [0.25, 0.3) is 21.8 Å². The number of hydrogen-bond donors (Lipinski definition) is 3. The third kappa shape index (κ3) is 6.34. The topological polar surface area (TPSA) is 123 Å². The summed E-state index contributed by atoms with van der Waals surface area (Å²) in [6.07, 6.45) is 4.06. The van der Waals surface area contributed by atoms with E-state index in [1.165, 1.54) is 17.4 Å². The summed E-state index contributed by atoms with van der Waals surface area (Å²) in [5, 5.41) is 11.8. The van der Waals surface area contributed by atoms with Crippen molar-refractivity contribution in [2.75, 3.05) is 25.0 Å². The number of benzene rings is 1. The minimum absolute atomic E-state index is 0.0470. The summed E-state index contributed by atoms with van der Waals surface area (Å²) in [5.74, 6) is 0.443. The van der Waals surface area contributed by atoms with Gasteiger partial charge in [-0.25, -0.2) is 32.9 Å². The van der Waals surface area contributed by atoms with Gasteiger partial charge >= 0.3 is 0 Å². The second-order valence-electron chi connectivity index (χ2n) is 10.5. The first kappa shape index (κ1) is 27.6. The van der Waals surface area contributed by atoms with E-state index in [9.17, 15) is 8.42 Å². The van der Waals surface area contributed by atoms with Crippen LogP contribution in [0, 0.1) is 11.7 Å². The molecule has 11 heteroatoms. The van der Waals surface area contributed by atoms with E-state index < -0.39 is 21.1 Å². The van der Waals surface area contributed by atoms with Gasteiger partial charge < -0.3 is 10.6 Å². The zero-order chi connectivity index (χ0) is 26.8. The van der Waals surface area contributed by atoms with Crippen LogP contribution in [0.3, 0.4) is 0 Å². The van der Waals surface area contributed by atoms with E-state index in [1.807, 2.05) is 20.8 Å². The van der Waals surface area contributed by atoms with E-state index in [0.717, 1.165) is 37.5 Å². The maximum Gasteiger partial charge on any atom is 0.223 e. The van der Waals surface area contributed by atoms with Crippen molar-refractivity contribution in [3.63, 3.8) is 0 Å². The van der Waals surface area contributed by atoms with Gasteiger partial charge in [0.1, 0.15) is 11.1 Å². The van der Waals surface area contributed by atoms with Gasteiger partial charge in [0.15, 0.2) is 0 Å². The van der Waals surface area contributed by atoms with E-state index in [2.05, 4.69) is 15.6 Å². The Labute approximate surface area is 222 Å². The Morgan fingerprint density at radius 1 is 1.22 bits per heavy atom. The maximum atomic E-state index is 15.9. The molecule has 1 atom stereocenters. The lowest BCUT2D eigenvalue weighted by atomic mass is 9.98. The lowest BCUT2D eigenvalue weighted by molar-refractivity contribution is 0.389. The average molecular weight is 547 g/mol. The number of nitrogens with zero attached hydrogens (tertiary/aromatic N) is 3. The first-order valence-corrected chi connectivity index (χ1v) is 15.0. The van der Waals surface area contributed by atoms with Crippen LogP contribution in [-0.4, -0.2) is 43.0 Å². The molecule has 0 spiro atoms. The van der Waals surface area contributed by atoms with Crippen LogP contribution in [0.5, 0.6) is 0 Å². The molecule has 3 heterocycles. The predicted octanol–water partition coefficient (Wildman–Crippen LogP) is 4.85. The largest absolute Gasteiger partial charge is 0.354 e. The molecule has 37 heavy (non-hydrogen) atoms. The number of nitrogens with two attached hydrogens (primary N) is 1. The fraction of sp³-hybridized carbons (Fsp3) is 0.500. The fourth-order valence-electron chi connectivity index (χ4n) is 4.50. The molecule has 1 aliphatic heterocycles. The Hall–Kier alpha value is -2.47. The van der Waals surface area contributed by atoms with Crippen molar-refractivity contribution in [1.82, 2.24) is 20.3 Å². The smallest absolute Gasteiger partial charge is 0.223 e. The standard InChI is InChI=1S/C26H35FN6O2S2/c1-5-20(37(28,34)35)17-7-6-8-18(21(17)27)22-23(36-24(33-22)26(2,3)4)19-11-14-30-25(32-19)31-15-16-9-12-29-13-10-16/h6-8,11,14,16,20,29H,5,9-10,12-13,15H2,1-4H3,(H2,28,34,35)(H,30,31,32). The van der Waals surface area contributed by atoms with Gasteiger partial charge in [0, 0.05) is 29.3 Å². The van der Waals surface area contributed by atoms with Gasteiger partial charge in [-0.05, 0) is 50.4 Å². The number of aromatic nitrogens is 3. The number of hydrogen-bond acceptors (Lipinski definition) is 8. The normalized spacial score (nSPS) is 16.1. The van der Waals surface area contributed by atoms with Gasteiger partial charge in [-0.2, -0.15) is 0 Å². The number of primary sulfonamides is 1. The number of sulfonamides is 1. The van der Waals surface area contributed by atoms with Crippen LogP contribution < -0.4 is 15.8 Å². The Balaban J connectivity index is 1.76. The Morgan fingerprint density at radius 3 is 2.59 bits per heavy atom. The molecule has 0 radical (unpaired) electrons. The first-order valence-electron chi connectivity index (χ1n) is 12.6. The molecule has 0 aliphatic carbocycles. The Morgan fingerprint density at radius 2 is 1.95 bits per heavy atom. The summed E-state index contributed by atoms with van der Waals surface area (Å²) in [6, 6.07) is 6.53. The van der Waals surface area contributed by atoms with Crippen LogP contribution in [0.4, 0.5) is 10.3 Å². The summed E-state index contributed by atoms with van der Waals surface area (Å²) < 4.78 is 40.3. The Bertz CT molecular complexity index is 1350. The molecule has 0 amide bonds. The molecule has 8 nitrogen and oxygen atoms in total. The minimum atomic E-state index is -3.98. The van der Waals surface area contributed by atoms with Crippen molar-refractivity contribution in [3.05, 3.63) is 46.9 Å². The van der Waals surface area contributed by atoms with E-state index in [-0.39, 0.29) is 23.0 Å². The molecule has 0 bridgehead atoms. The summed E-state index contributed by atoms with van der Waals surface area (Å²) >= 11 is 1.46. The van der Waals surface area contributed by atoms with Crippen LogP contribution >= 0.6 is 11.3 Å². The maximum absolute atomic E-state index is 15.9. The third-order valence-electron chi connectivity index (χ3n) is 6.56. The minimum Gasteiger partial charge on any atom is -0.354 e. The molecule has 4 rings (SSSR count). The molecule has 0 saturated carbocycles. The highest BCUT2D eigenvalue weighted by Gasteiger charge is 2.29. The van der Waals surface area contributed by atoms with Crippen molar-refractivity contribution in [1.29, 1.82) is 0 Å². The number of nitrogens with one attached hydrogen (secondary N) is 2. The molecule has 200 valence electrons. The lowest BCUT2D eigenvalue weighted by Crippen LogP contribution is -2.31. The zero-order valence-corrected chi connectivity index (χ0v) is 23.3. The van der Waals surface area contributed by atoms with Crippen molar-refractivity contribution >= 4 is 27.3 Å². The molecular weight excluding hydrogens is 511 g/mol. The summed E-state index contributed by atoms with van der Waals surface area (Å²) in [4.78, 5) is 14.7. The number of anilines is 1. The van der Waals surface area contributed by atoms with E-state index in [4.69, 9.17) is 15.1 Å². The van der Waals surface area contributed by atoms with Gasteiger partial charge in [0.2, 0.25) is 16.0 Å². The van der Waals surface area contributed by atoms with Crippen LogP contribution in [-0.2, 0) is 15.4 Å². The SMILES string of the molecule is CCC(c1cccc(-c2nc(C(C)(C)C)sc2-c2ccnc(NCC3CCNCC3)n2)c1F)S(N)(=O)=O. The summed E-state index contributed by atoms with van der Waals surface area (Å²) in [7, 11) is -3.98. The second-order valence-corrected chi connectivity index (χ2v) is 13.2. The van der Waals surface area contributed by atoms with Crippen molar-refractivity contribution in [2.45, 2.75) is 57.6 Å². The molecule has 4 N–H and O–H groups in total. The first-order chi connectivity index (χ1) is 17.5. The van der Waals surface area contributed by atoms with Crippen molar-refractivity contribution in [2.24, 2.45) is 11.1 Å². The van der Waals surface area contributed by atoms with Gasteiger partial charge in [0.05, 0.1) is 21.3 Å². The molecular formula is C26H35FN6O2S2. The summed E-state index contributed by atoms with van der Waals surface area (Å²) in [5.41, 5.74) is 1.06. The number of halogens is 1. The van der Waals surface area contributed by atoms with Crippen LogP contribution in [0.1, 0.15) is 62.8 Å². The molecule has 1 saturated heterocycles. The number of thiazole rings is 1. The van der Waals surface area contributed by atoms with Crippen LogP contribution in [0.2, 0.25) is 0 Å². The number of piperidine rings is 1. The highest BCUT2D eigenvalue weighted by molar-refractivity contribution is 7.89. The molecule has 1 fully saturated rings. The van der Waals surface area contributed by atoms with Crippen molar-refractivity contribution in [3.8, 4) is 21.8 Å². The second kappa shape index (κ2) is 11.1. The van der Waals surface area contributed by atoms with Gasteiger partial charge in [-0.1, -0.05) is 39.8 Å². The monoisotopic (exact) mass is 546 g/mol. The average Bonchev–Trinajstić information content (AvgIpc) is 3.30. The quantitative estimate of drug-likeness (QED) is 0.369. The molecule has 2 aromatic heterocycles. The summed E-state index contributed by atoms with van der Waals surface area (Å²) in [6.45, 7) is 10.6. The van der Waals surface area contributed by atoms with Crippen molar-refractivity contribution < 1.29 is 12.8 Å².